The van der Waals surface area contributed by atoms with Crippen LogP contribution in [0, 0.1) is 10.1 Å². The van der Waals surface area contributed by atoms with Gasteiger partial charge in [-0.05, 0) is 36.4 Å². The fourth-order valence-corrected chi connectivity index (χ4v) is 1.67. The molecule has 0 saturated heterocycles. The Bertz CT molecular complexity index is 748. The first-order chi connectivity index (χ1) is 11.5. The van der Waals surface area contributed by atoms with Crippen molar-refractivity contribution in [3.8, 4) is 5.75 Å². The number of nitro groups is 1. The molecule has 0 aliphatic heterocycles. The first-order valence-electron chi connectivity index (χ1n) is 7.14. The molecule has 24 heavy (non-hydrogen) atoms. The van der Waals surface area contributed by atoms with E-state index in [0.717, 1.165) is 0 Å². The number of aromatic amines is 1. The molecular weight excluding hydrogens is 332 g/mol. The summed E-state index contributed by atoms with van der Waals surface area (Å²) in [6.45, 7) is 7.51. The second-order valence-electron chi connectivity index (χ2n) is 4.25. The summed E-state index contributed by atoms with van der Waals surface area (Å²) in [6, 6.07) is 8.48. The van der Waals surface area contributed by atoms with Gasteiger partial charge in [-0.3, -0.25) is 10.1 Å². The predicted molar refractivity (Wildman–Crippen MR) is 94.2 cm³/mol. The number of rotatable bonds is 5. The molecule has 0 amide bonds. The molecule has 2 rings (SSSR count). The minimum Gasteiger partial charge on any atom is -0.422 e. The Balaban J connectivity index is 0.00000139. The van der Waals surface area contributed by atoms with E-state index in [1.54, 1.807) is 24.3 Å². The van der Waals surface area contributed by atoms with Crippen molar-refractivity contribution in [3.63, 3.8) is 0 Å². The van der Waals surface area contributed by atoms with Crippen LogP contribution in [0.3, 0.4) is 0 Å². The van der Waals surface area contributed by atoms with Crippen LogP contribution in [0.4, 0.5) is 5.69 Å². The summed E-state index contributed by atoms with van der Waals surface area (Å²) in [5, 5.41) is 10.9. The first kappa shape index (κ1) is 19.2. The molecule has 1 aromatic carbocycles. The van der Waals surface area contributed by atoms with Crippen LogP contribution in [0.2, 0.25) is 0 Å². The monoisotopic (exact) mass is 348 g/mol. The third-order valence-corrected chi connectivity index (χ3v) is 2.76. The molecule has 7 heteroatoms. The highest BCUT2D eigenvalue weighted by Gasteiger charge is 2.12. The van der Waals surface area contributed by atoms with E-state index in [-0.39, 0.29) is 17.1 Å². The second kappa shape index (κ2) is 9.32. The second-order valence-corrected chi connectivity index (χ2v) is 4.73. The van der Waals surface area contributed by atoms with Gasteiger partial charge >= 0.3 is 5.97 Å². The highest BCUT2D eigenvalue weighted by molar-refractivity contribution is 6.31. The average molecular weight is 349 g/mol. The number of hydrogen-bond donors (Lipinski definition) is 1. The van der Waals surface area contributed by atoms with E-state index in [4.69, 9.17) is 16.3 Å². The van der Waals surface area contributed by atoms with Crippen LogP contribution in [0.5, 0.6) is 5.75 Å². The van der Waals surface area contributed by atoms with Crippen LogP contribution >= 0.6 is 11.6 Å². The molecule has 1 aromatic heterocycles. The summed E-state index contributed by atoms with van der Waals surface area (Å²) in [4.78, 5) is 24.8. The van der Waals surface area contributed by atoms with Crippen LogP contribution in [-0.2, 0) is 0 Å². The zero-order valence-electron chi connectivity index (χ0n) is 13.3. The van der Waals surface area contributed by atoms with E-state index in [9.17, 15) is 14.9 Å². The number of nitrogens with zero attached hydrogens (tertiary/aromatic N) is 1. The van der Waals surface area contributed by atoms with Gasteiger partial charge in [-0.15, -0.1) is 0 Å². The van der Waals surface area contributed by atoms with E-state index in [0.29, 0.717) is 10.7 Å². The zero-order valence-corrected chi connectivity index (χ0v) is 14.0. The van der Waals surface area contributed by atoms with Gasteiger partial charge in [-0.25, -0.2) is 4.79 Å². The number of ether oxygens (including phenoxy) is 1. The van der Waals surface area contributed by atoms with Gasteiger partial charge in [0.2, 0.25) is 0 Å². The van der Waals surface area contributed by atoms with E-state index < -0.39 is 10.9 Å². The molecular formula is C17H17ClN2O4. The smallest absolute Gasteiger partial charge is 0.360 e. The number of nitro benzene ring substituents is 1. The van der Waals surface area contributed by atoms with Crippen molar-refractivity contribution < 1.29 is 14.5 Å². The van der Waals surface area contributed by atoms with E-state index >= 15 is 0 Å². The summed E-state index contributed by atoms with van der Waals surface area (Å²) >= 11 is 5.60. The minimum atomic E-state index is -0.599. The van der Waals surface area contributed by atoms with Crippen LogP contribution in [-0.4, -0.2) is 15.9 Å². The van der Waals surface area contributed by atoms with Gasteiger partial charge < -0.3 is 9.72 Å². The lowest BCUT2D eigenvalue weighted by Crippen LogP contribution is -2.08. The molecule has 6 nitrogen and oxygen atoms in total. The fraction of sp³-hybridized carbons (Fsp3) is 0.118. The maximum Gasteiger partial charge on any atom is 0.360 e. The number of benzene rings is 1. The van der Waals surface area contributed by atoms with Gasteiger partial charge in [0.25, 0.3) is 5.69 Å². The highest BCUT2D eigenvalue weighted by Crippen LogP contribution is 2.18. The maximum atomic E-state index is 11.9. The van der Waals surface area contributed by atoms with E-state index in [1.165, 1.54) is 24.3 Å². The van der Waals surface area contributed by atoms with Gasteiger partial charge in [0.15, 0.2) is 0 Å². The van der Waals surface area contributed by atoms with Gasteiger partial charge in [-0.1, -0.05) is 32.0 Å². The van der Waals surface area contributed by atoms with Crippen LogP contribution in [0.15, 0.2) is 54.1 Å². The largest absolute Gasteiger partial charge is 0.422 e. The Morgan fingerprint density at radius 1 is 1.25 bits per heavy atom. The van der Waals surface area contributed by atoms with Crippen molar-refractivity contribution in [2.45, 2.75) is 13.8 Å². The fourth-order valence-electron chi connectivity index (χ4n) is 1.61. The summed E-state index contributed by atoms with van der Waals surface area (Å²) in [7, 11) is 0. The maximum absolute atomic E-state index is 11.9. The van der Waals surface area contributed by atoms with Crippen molar-refractivity contribution in [3.05, 3.63) is 75.6 Å². The van der Waals surface area contributed by atoms with Crippen LogP contribution in [0.1, 0.15) is 30.0 Å². The van der Waals surface area contributed by atoms with Gasteiger partial charge in [-0.2, -0.15) is 0 Å². The lowest BCUT2D eigenvalue weighted by molar-refractivity contribution is -0.384. The van der Waals surface area contributed by atoms with Crippen molar-refractivity contribution in [2.24, 2.45) is 0 Å². The zero-order chi connectivity index (χ0) is 18.1. The summed E-state index contributed by atoms with van der Waals surface area (Å²) in [5.41, 5.74) is 0.837. The topological polar surface area (TPSA) is 85.2 Å². The third kappa shape index (κ3) is 5.73. The van der Waals surface area contributed by atoms with Crippen molar-refractivity contribution in [2.75, 3.05) is 0 Å². The third-order valence-electron chi connectivity index (χ3n) is 2.63. The lowest BCUT2D eigenvalue weighted by atomic mass is 10.3. The number of aromatic nitrogens is 1. The van der Waals surface area contributed by atoms with E-state index in [1.807, 2.05) is 13.8 Å². The summed E-state index contributed by atoms with van der Waals surface area (Å²) < 4.78 is 5.11. The summed E-state index contributed by atoms with van der Waals surface area (Å²) in [6.07, 6.45) is 3.25. The summed E-state index contributed by atoms with van der Waals surface area (Å²) in [5.74, 6) is -0.380. The van der Waals surface area contributed by atoms with Crippen molar-refractivity contribution in [1.82, 2.24) is 4.98 Å². The minimum absolute atomic E-state index is 0.0756. The number of H-pyrrole nitrogens is 1. The van der Waals surface area contributed by atoms with Crippen molar-refractivity contribution in [1.29, 1.82) is 0 Å². The number of hydrogen-bond acceptors (Lipinski definition) is 4. The quantitative estimate of drug-likeness (QED) is 0.273. The molecule has 0 atom stereocenters. The number of allylic oxidation sites excluding steroid dienone is 2. The first-order valence-corrected chi connectivity index (χ1v) is 7.51. The molecule has 0 aliphatic carbocycles. The molecule has 0 radical (unpaired) electrons. The predicted octanol–water partition coefficient (Wildman–Crippen LogP) is 4.93. The van der Waals surface area contributed by atoms with Gasteiger partial charge in [0.1, 0.15) is 11.4 Å². The number of carbonyl (C=O) groups excluding carboxylic acids is 1. The molecule has 0 unspecified atom stereocenters. The Hall–Kier alpha value is -2.86. The van der Waals surface area contributed by atoms with E-state index in [2.05, 4.69) is 11.6 Å². The van der Waals surface area contributed by atoms with Crippen LogP contribution < -0.4 is 4.74 Å². The molecule has 0 aliphatic rings. The number of carbonyl (C=O) groups is 1. The molecule has 0 fully saturated rings. The molecule has 126 valence electrons. The molecule has 0 bridgehead atoms. The molecule has 2 aromatic rings. The number of nitrogens with one attached hydrogen (secondary N) is 1. The Kier molecular flexibility index (Phi) is 7.45. The molecule has 0 saturated carbocycles. The highest BCUT2D eigenvalue weighted by atomic mass is 35.5. The Morgan fingerprint density at radius 3 is 2.42 bits per heavy atom. The molecule has 1 heterocycles. The standard InChI is InChI=1S/C15H11ClN2O4.C2H6/c1-10(16)2-3-11-4-9-14(17-11)15(19)22-13-7-5-12(6-8-13)18(20)21;1-2/h2-9,17H,1H2;1-2H3/b3-2-;. The normalized spacial score (nSPS) is 9.96. The average Bonchev–Trinajstić information content (AvgIpc) is 3.04. The number of halogens is 1. The molecule has 0 spiro atoms. The number of non-ortho nitro benzene ring substituents is 1. The van der Waals surface area contributed by atoms with Gasteiger partial charge in [0, 0.05) is 22.9 Å². The van der Waals surface area contributed by atoms with Crippen LogP contribution in [0.25, 0.3) is 6.08 Å². The number of esters is 1. The lowest BCUT2D eigenvalue weighted by Gasteiger charge is -2.02. The molecule has 1 N–H and O–H groups in total. The Labute approximate surface area is 144 Å². The van der Waals surface area contributed by atoms with Crippen molar-refractivity contribution >= 4 is 29.3 Å². The Morgan fingerprint density at radius 2 is 1.88 bits per heavy atom. The van der Waals surface area contributed by atoms with Gasteiger partial charge in [0.05, 0.1) is 4.92 Å². The SMILES string of the molecule is C=C(Cl)/C=C\c1ccc(C(=O)Oc2ccc([N+](=O)[O-])cc2)[nH]1.CC.